The van der Waals surface area contributed by atoms with Gasteiger partial charge in [-0.05, 0) is 37.1 Å². The van der Waals surface area contributed by atoms with E-state index in [1.54, 1.807) is 10.3 Å². The van der Waals surface area contributed by atoms with Crippen LogP contribution in [0.1, 0.15) is 18.4 Å². The van der Waals surface area contributed by atoms with Gasteiger partial charge in [-0.3, -0.25) is 15.0 Å². The van der Waals surface area contributed by atoms with Crippen LogP contribution in [0.25, 0.3) is 0 Å². The van der Waals surface area contributed by atoms with Crippen molar-refractivity contribution in [3.8, 4) is 0 Å². The zero-order chi connectivity index (χ0) is 17.3. The Bertz CT molecular complexity index is 712. The van der Waals surface area contributed by atoms with Gasteiger partial charge in [0.2, 0.25) is 0 Å². The van der Waals surface area contributed by atoms with Gasteiger partial charge in [-0.15, -0.1) is 4.83 Å². The van der Waals surface area contributed by atoms with Crippen molar-refractivity contribution in [3.63, 3.8) is 0 Å². The monoisotopic (exact) mass is 351 g/mol. The molecule has 1 aromatic carbocycles. The van der Waals surface area contributed by atoms with Gasteiger partial charge in [0.15, 0.2) is 0 Å². The standard InChI is InChI=1S/C12H12F3N3O4S/c13-12(14,15)7-1-5-9(6-2-7)23(21,22)18-17-11(20)10(19)16-8-3-4-8/h1-2,5-6,8,18H,3-4H2,(H,16,19)(H,17,20). The van der Waals surface area contributed by atoms with E-state index in [9.17, 15) is 31.2 Å². The number of hydrogen-bond donors (Lipinski definition) is 3. The summed E-state index contributed by atoms with van der Waals surface area (Å²) in [4.78, 5) is 23.8. The van der Waals surface area contributed by atoms with Gasteiger partial charge in [0.1, 0.15) is 0 Å². The van der Waals surface area contributed by atoms with Crippen molar-refractivity contribution in [2.45, 2.75) is 30.0 Å². The summed E-state index contributed by atoms with van der Waals surface area (Å²) in [5.41, 5.74) is 0.678. The first-order valence-electron chi connectivity index (χ1n) is 6.39. The van der Waals surface area contributed by atoms with Crippen molar-refractivity contribution in [2.75, 3.05) is 0 Å². The van der Waals surface area contributed by atoms with Gasteiger partial charge in [-0.1, -0.05) is 0 Å². The van der Waals surface area contributed by atoms with Gasteiger partial charge in [0.05, 0.1) is 10.5 Å². The third-order valence-electron chi connectivity index (χ3n) is 2.91. The molecule has 2 rings (SSSR count). The molecule has 7 nitrogen and oxygen atoms in total. The molecule has 126 valence electrons. The molecule has 1 aliphatic carbocycles. The van der Waals surface area contributed by atoms with Crippen molar-refractivity contribution < 1.29 is 31.2 Å². The summed E-state index contributed by atoms with van der Waals surface area (Å²) in [5.74, 6) is -2.21. The maximum Gasteiger partial charge on any atom is 0.416 e. The van der Waals surface area contributed by atoms with E-state index in [1.165, 1.54) is 0 Å². The Balaban J connectivity index is 1.98. The summed E-state index contributed by atoms with van der Waals surface area (Å²) in [7, 11) is -4.29. The highest BCUT2D eigenvalue weighted by Gasteiger charge is 2.31. The van der Waals surface area contributed by atoms with Crippen molar-refractivity contribution in [1.82, 2.24) is 15.6 Å². The molecule has 1 aliphatic rings. The third kappa shape index (κ3) is 4.66. The van der Waals surface area contributed by atoms with Crippen LogP contribution in [-0.4, -0.2) is 26.3 Å². The fraction of sp³-hybridized carbons (Fsp3) is 0.333. The minimum absolute atomic E-state index is 0.0835. The molecule has 0 atom stereocenters. The van der Waals surface area contributed by atoms with E-state index in [0.717, 1.165) is 25.0 Å². The lowest BCUT2D eigenvalue weighted by atomic mass is 10.2. The number of carbonyl (C=O) groups is 2. The fourth-order valence-corrected chi connectivity index (χ4v) is 2.37. The third-order valence-corrected chi connectivity index (χ3v) is 4.17. The van der Waals surface area contributed by atoms with Crippen molar-refractivity contribution in [3.05, 3.63) is 29.8 Å². The van der Waals surface area contributed by atoms with E-state index < -0.39 is 38.5 Å². The van der Waals surface area contributed by atoms with E-state index in [-0.39, 0.29) is 6.04 Å². The topological polar surface area (TPSA) is 104 Å². The highest BCUT2D eigenvalue weighted by Crippen LogP contribution is 2.29. The van der Waals surface area contributed by atoms with Crippen molar-refractivity contribution >= 4 is 21.8 Å². The largest absolute Gasteiger partial charge is 0.416 e. The first kappa shape index (κ1) is 17.2. The minimum Gasteiger partial charge on any atom is -0.345 e. The molecule has 1 saturated carbocycles. The zero-order valence-corrected chi connectivity index (χ0v) is 12.3. The summed E-state index contributed by atoms with van der Waals surface area (Å²) < 4.78 is 60.8. The van der Waals surface area contributed by atoms with Crippen LogP contribution in [0, 0.1) is 0 Å². The number of sulfonamides is 1. The number of benzene rings is 1. The lowest BCUT2D eigenvalue weighted by Gasteiger charge is -2.10. The van der Waals surface area contributed by atoms with Crippen LogP contribution < -0.4 is 15.6 Å². The van der Waals surface area contributed by atoms with E-state index in [4.69, 9.17) is 0 Å². The summed E-state index contributed by atoms with van der Waals surface area (Å²) in [6, 6.07) is 2.58. The molecular weight excluding hydrogens is 339 g/mol. The lowest BCUT2D eigenvalue weighted by molar-refractivity contribution is -0.139. The molecule has 0 bridgehead atoms. The number of hydrogen-bond acceptors (Lipinski definition) is 4. The molecule has 0 unspecified atom stereocenters. The maximum atomic E-state index is 12.4. The molecule has 0 radical (unpaired) electrons. The van der Waals surface area contributed by atoms with Gasteiger partial charge >= 0.3 is 18.0 Å². The highest BCUT2D eigenvalue weighted by molar-refractivity contribution is 7.89. The molecule has 2 amide bonds. The summed E-state index contributed by atoms with van der Waals surface area (Å²) >= 11 is 0. The Morgan fingerprint density at radius 2 is 1.61 bits per heavy atom. The zero-order valence-electron chi connectivity index (χ0n) is 11.5. The average Bonchev–Trinajstić information content (AvgIpc) is 3.28. The highest BCUT2D eigenvalue weighted by atomic mass is 32.2. The molecule has 1 aromatic rings. The lowest BCUT2D eigenvalue weighted by Crippen LogP contribution is -2.48. The van der Waals surface area contributed by atoms with Gasteiger partial charge in [-0.25, -0.2) is 8.42 Å². The number of alkyl halides is 3. The van der Waals surface area contributed by atoms with Crippen LogP contribution in [0.5, 0.6) is 0 Å². The Kier molecular flexibility index (Phi) is 4.61. The second-order valence-corrected chi connectivity index (χ2v) is 6.51. The molecule has 0 aliphatic heterocycles. The first-order valence-corrected chi connectivity index (χ1v) is 7.88. The second kappa shape index (κ2) is 6.16. The molecule has 23 heavy (non-hydrogen) atoms. The van der Waals surface area contributed by atoms with Gasteiger partial charge in [-0.2, -0.15) is 13.2 Å². The van der Waals surface area contributed by atoms with Crippen LogP contribution in [0.2, 0.25) is 0 Å². The van der Waals surface area contributed by atoms with Gasteiger partial charge < -0.3 is 5.32 Å². The summed E-state index contributed by atoms with van der Waals surface area (Å²) in [6.45, 7) is 0. The quantitative estimate of drug-likeness (QED) is 0.536. The van der Waals surface area contributed by atoms with Crippen LogP contribution in [0.15, 0.2) is 29.2 Å². The molecule has 11 heteroatoms. The molecular formula is C12H12F3N3O4S. The molecule has 3 N–H and O–H groups in total. The van der Waals surface area contributed by atoms with Gasteiger partial charge in [0.25, 0.3) is 10.0 Å². The minimum atomic E-state index is -4.59. The average molecular weight is 351 g/mol. The SMILES string of the molecule is O=C(NNS(=O)(=O)c1ccc(C(F)(F)F)cc1)C(=O)NC1CC1. The Morgan fingerprint density at radius 1 is 1.04 bits per heavy atom. The predicted octanol–water partition coefficient (Wildman–Crippen LogP) is 0.294. The number of halogens is 3. The Morgan fingerprint density at radius 3 is 2.09 bits per heavy atom. The fourth-order valence-electron chi connectivity index (χ4n) is 1.53. The Hall–Kier alpha value is -2.14. The van der Waals surface area contributed by atoms with Crippen LogP contribution in [-0.2, 0) is 25.8 Å². The van der Waals surface area contributed by atoms with Crippen LogP contribution in [0.4, 0.5) is 13.2 Å². The summed E-state index contributed by atoms with van der Waals surface area (Å²) in [6.07, 6.45) is -3.10. The number of carbonyl (C=O) groups excluding carboxylic acids is 2. The first-order chi connectivity index (χ1) is 10.6. The van der Waals surface area contributed by atoms with Crippen molar-refractivity contribution in [1.29, 1.82) is 0 Å². The molecule has 0 saturated heterocycles. The number of hydrazine groups is 1. The Labute approximate surface area is 129 Å². The van der Waals surface area contributed by atoms with Crippen LogP contribution >= 0.6 is 0 Å². The van der Waals surface area contributed by atoms with E-state index in [0.29, 0.717) is 12.1 Å². The van der Waals surface area contributed by atoms with E-state index in [1.807, 2.05) is 0 Å². The maximum absolute atomic E-state index is 12.4. The van der Waals surface area contributed by atoms with Gasteiger partial charge in [0, 0.05) is 6.04 Å². The van der Waals surface area contributed by atoms with Crippen LogP contribution in [0.3, 0.4) is 0 Å². The molecule has 0 heterocycles. The number of amides is 2. The second-order valence-electron chi connectivity index (χ2n) is 4.83. The number of rotatable bonds is 4. The molecule has 0 aromatic heterocycles. The summed E-state index contributed by atoms with van der Waals surface area (Å²) in [5, 5.41) is 2.34. The molecule has 1 fully saturated rings. The smallest absolute Gasteiger partial charge is 0.345 e. The normalized spacial score (nSPS) is 15.1. The van der Waals surface area contributed by atoms with E-state index >= 15 is 0 Å². The van der Waals surface area contributed by atoms with Crippen molar-refractivity contribution in [2.24, 2.45) is 0 Å². The predicted molar refractivity (Wildman–Crippen MR) is 71.1 cm³/mol. The number of nitrogens with one attached hydrogen (secondary N) is 3. The molecule has 0 spiro atoms. The van der Waals surface area contributed by atoms with E-state index in [2.05, 4.69) is 5.32 Å².